The van der Waals surface area contributed by atoms with Gasteiger partial charge in [0.25, 0.3) is 0 Å². The Morgan fingerprint density at radius 2 is 2.11 bits per heavy atom. The highest BCUT2D eigenvalue weighted by molar-refractivity contribution is 9.10. The zero-order chi connectivity index (χ0) is 12.5. The number of hydrogen-bond acceptors (Lipinski definition) is 3. The highest BCUT2D eigenvalue weighted by atomic mass is 79.9. The van der Waals surface area contributed by atoms with Crippen LogP contribution in [-0.4, -0.2) is 4.98 Å². The number of nitrogens with two attached hydrogens (primary N) is 1. The minimum atomic E-state index is 0.151. The molecule has 1 aliphatic rings. The molecular weight excluding hydrogens is 290 g/mol. The summed E-state index contributed by atoms with van der Waals surface area (Å²) in [5.41, 5.74) is 4.99. The lowest BCUT2D eigenvalue weighted by Gasteiger charge is -2.33. The standard InChI is InChI=1S/C14H16BrN3/c15-11-8-10-4-1-2-7-12(10)17-14(11)13(18-16)9-5-3-6-9/h1-2,4,7-9,13,18H,3,5-6,16H2. The smallest absolute Gasteiger partial charge is 0.0738 e. The molecule has 3 nitrogen and oxygen atoms in total. The normalized spacial score (nSPS) is 17.7. The van der Waals surface area contributed by atoms with Crippen molar-refractivity contribution in [3.05, 3.63) is 40.5 Å². The molecule has 1 atom stereocenters. The number of nitrogens with zero attached hydrogens (tertiary/aromatic N) is 1. The first-order chi connectivity index (χ1) is 8.79. The van der Waals surface area contributed by atoms with Crippen LogP contribution >= 0.6 is 15.9 Å². The van der Waals surface area contributed by atoms with E-state index in [0.29, 0.717) is 5.92 Å². The summed E-state index contributed by atoms with van der Waals surface area (Å²) in [4.78, 5) is 4.76. The second-order valence-corrected chi connectivity index (χ2v) is 5.74. The van der Waals surface area contributed by atoms with Crippen LogP contribution in [0.3, 0.4) is 0 Å². The number of rotatable bonds is 3. The third-order valence-corrected chi connectivity index (χ3v) is 4.44. The van der Waals surface area contributed by atoms with Crippen molar-refractivity contribution in [1.82, 2.24) is 10.4 Å². The molecule has 0 amide bonds. The van der Waals surface area contributed by atoms with Crippen molar-refractivity contribution in [1.29, 1.82) is 0 Å². The number of aromatic nitrogens is 1. The van der Waals surface area contributed by atoms with Gasteiger partial charge in [0, 0.05) is 9.86 Å². The first-order valence-corrected chi connectivity index (χ1v) is 7.10. The highest BCUT2D eigenvalue weighted by Gasteiger charge is 2.30. The van der Waals surface area contributed by atoms with Crippen molar-refractivity contribution >= 4 is 26.8 Å². The molecule has 3 N–H and O–H groups in total. The van der Waals surface area contributed by atoms with E-state index in [1.54, 1.807) is 0 Å². The Balaban J connectivity index is 2.06. The summed E-state index contributed by atoms with van der Waals surface area (Å²) >= 11 is 3.62. The second kappa shape index (κ2) is 4.96. The molecule has 18 heavy (non-hydrogen) atoms. The van der Waals surface area contributed by atoms with Crippen LogP contribution < -0.4 is 11.3 Å². The van der Waals surface area contributed by atoms with Gasteiger partial charge in [0.2, 0.25) is 0 Å². The van der Waals surface area contributed by atoms with E-state index in [1.165, 1.54) is 19.3 Å². The predicted molar refractivity (Wildman–Crippen MR) is 76.8 cm³/mol. The molecule has 94 valence electrons. The molecule has 0 radical (unpaired) electrons. The number of halogens is 1. The van der Waals surface area contributed by atoms with Crippen LogP contribution in [-0.2, 0) is 0 Å². The summed E-state index contributed by atoms with van der Waals surface area (Å²) in [5, 5.41) is 1.15. The topological polar surface area (TPSA) is 50.9 Å². The predicted octanol–water partition coefficient (Wildman–Crippen LogP) is 3.30. The Labute approximate surface area is 115 Å². The summed E-state index contributed by atoms with van der Waals surface area (Å²) in [5.74, 6) is 6.33. The number of fused-ring (bicyclic) bond motifs is 1. The van der Waals surface area contributed by atoms with Gasteiger partial charge in [0.15, 0.2) is 0 Å². The van der Waals surface area contributed by atoms with E-state index in [-0.39, 0.29) is 6.04 Å². The Bertz CT molecular complexity index is 566. The Morgan fingerprint density at radius 3 is 2.78 bits per heavy atom. The number of benzene rings is 1. The largest absolute Gasteiger partial charge is 0.271 e. The summed E-state index contributed by atoms with van der Waals surface area (Å²) in [7, 11) is 0. The maximum Gasteiger partial charge on any atom is 0.0738 e. The van der Waals surface area contributed by atoms with Gasteiger partial charge in [-0.2, -0.15) is 0 Å². The van der Waals surface area contributed by atoms with Crippen LogP contribution in [0.15, 0.2) is 34.8 Å². The van der Waals surface area contributed by atoms with Gasteiger partial charge >= 0.3 is 0 Å². The van der Waals surface area contributed by atoms with Gasteiger partial charge < -0.3 is 0 Å². The summed E-state index contributed by atoms with van der Waals surface area (Å²) in [6.07, 6.45) is 3.76. The van der Waals surface area contributed by atoms with Crippen LogP contribution in [0.4, 0.5) is 0 Å². The van der Waals surface area contributed by atoms with E-state index in [2.05, 4.69) is 33.5 Å². The van der Waals surface area contributed by atoms with E-state index in [9.17, 15) is 0 Å². The lowest BCUT2D eigenvalue weighted by atomic mass is 9.78. The van der Waals surface area contributed by atoms with Crippen molar-refractivity contribution in [3.63, 3.8) is 0 Å². The third kappa shape index (κ3) is 2.05. The van der Waals surface area contributed by atoms with Crippen molar-refractivity contribution in [2.75, 3.05) is 0 Å². The van der Waals surface area contributed by atoms with Crippen LogP contribution in [0.25, 0.3) is 10.9 Å². The van der Waals surface area contributed by atoms with Crippen LogP contribution in [0.1, 0.15) is 31.0 Å². The van der Waals surface area contributed by atoms with E-state index >= 15 is 0 Å². The van der Waals surface area contributed by atoms with Crippen molar-refractivity contribution in [3.8, 4) is 0 Å². The molecule has 0 aliphatic heterocycles. The molecule has 1 aromatic carbocycles. The number of hydrogen-bond donors (Lipinski definition) is 2. The number of nitrogens with one attached hydrogen (secondary N) is 1. The van der Waals surface area contributed by atoms with Crippen molar-refractivity contribution in [2.24, 2.45) is 11.8 Å². The van der Waals surface area contributed by atoms with Crippen molar-refractivity contribution in [2.45, 2.75) is 25.3 Å². The molecule has 0 spiro atoms. The van der Waals surface area contributed by atoms with Gasteiger partial charge in [0.05, 0.1) is 17.3 Å². The maximum atomic E-state index is 5.72. The molecule has 1 fully saturated rings. The summed E-state index contributed by atoms with van der Waals surface area (Å²) < 4.78 is 1.04. The average molecular weight is 306 g/mol. The molecule has 1 saturated carbocycles. The number of pyridine rings is 1. The summed E-state index contributed by atoms with van der Waals surface area (Å²) in [6, 6.07) is 10.4. The Hall–Kier alpha value is -0.970. The molecule has 0 saturated heterocycles. The number of para-hydroxylation sites is 1. The molecule has 3 rings (SSSR count). The number of hydrazine groups is 1. The highest BCUT2D eigenvalue weighted by Crippen LogP contribution is 2.39. The Morgan fingerprint density at radius 1 is 1.33 bits per heavy atom. The fourth-order valence-electron chi connectivity index (χ4n) is 2.53. The van der Waals surface area contributed by atoms with Crippen molar-refractivity contribution < 1.29 is 0 Å². The van der Waals surface area contributed by atoms with Gasteiger partial charge in [-0.1, -0.05) is 24.6 Å². The zero-order valence-electron chi connectivity index (χ0n) is 10.1. The van der Waals surface area contributed by atoms with Gasteiger partial charge in [-0.25, -0.2) is 4.98 Å². The van der Waals surface area contributed by atoms with Crippen LogP contribution in [0.5, 0.6) is 0 Å². The van der Waals surface area contributed by atoms with Crippen LogP contribution in [0, 0.1) is 5.92 Å². The first kappa shape index (κ1) is 12.1. The molecule has 1 heterocycles. The first-order valence-electron chi connectivity index (χ1n) is 6.31. The SMILES string of the molecule is NNC(c1nc2ccccc2cc1Br)C1CCC1. The molecule has 0 bridgehead atoms. The lowest BCUT2D eigenvalue weighted by Crippen LogP contribution is -2.37. The van der Waals surface area contributed by atoms with E-state index in [1.807, 2.05) is 18.2 Å². The molecular formula is C14H16BrN3. The van der Waals surface area contributed by atoms with E-state index in [0.717, 1.165) is 21.1 Å². The quantitative estimate of drug-likeness (QED) is 0.676. The van der Waals surface area contributed by atoms with Gasteiger partial charge in [-0.15, -0.1) is 0 Å². The van der Waals surface area contributed by atoms with Gasteiger partial charge in [0.1, 0.15) is 0 Å². The van der Waals surface area contributed by atoms with Gasteiger partial charge in [-0.3, -0.25) is 11.3 Å². The maximum absolute atomic E-state index is 5.72. The molecule has 1 aliphatic carbocycles. The summed E-state index contributed by atoms with van der Waals surface area (Å²) in [6.45, 7) is 0. The molecule has 1 unspecified atom stereocenters. The third-order valence-electron chi connectivity index (χ3n) is 3.80. The van der Waals surface area contributed by atoms with Gasteiger partial charge in [-0.05, 0) is 46.8 Å². The van der Waals surface area contributed by atoms with E-state index in [4.69, 9.17) is 10.8 Å². The van der Waals surface area contributed by atoms with E-state index < -0.39 is 0 Å². The van der Waals surface area contributed by atoms with Crippen LogP contribution in [0.2, 0.25) is 0 Å². The minimum Gasteiger partial charge on any atom is -0.271 e. The Kier molecular flexibility index (Phi) is 3.33. The molecule has 4 heteroatoms. The monoisotopic (exact) mass is 305 g/mol. The second-order valence-electron chi connectivity index (χ2n) is 4.88. The molecule has 2 aromatic rings. The fourth-order valence-corrected chi connectivity index (χ4v) is 3.12. The molecule has 1 aromatic heterocycles. The fraction of sp³-hybridized carbons (Fsp3) is 0.357. The zero-order valence-corrected chi connectivity index (χ0v) is 11.7. The lowest BCUT2D eigenvalue weighted by molar-refractivity contribution is 0.228. The minimum absolute atomic E-state index is 0.151. The average Bonchev–Trinajstić information content (AvgIpc) is 2.33.